The van der Waals surface area contributed by atoms with Crippen molar-refractivity contribution >= 4 is 23.9 Å². The minimum atomic E-state index is -1.40. The summed E-state index contributed by atoms with van der Waals surface area (Å²) >= 11 is 0. The molecule has 30 heteroatoms. The van der Waals surface area contributed by atoms with Crippen LogP contribution in [0.3, 0.4) is 0 Å². The quantitative estimate of drug-likeness (QED) is 0.0590. The van der Waals surface area contributed by atoms with Crippen LogP contribution < -0.4 is 119 Å². The maximum absolute atomic E-state index is 11.8. The lowest BCUT2D eigenvalue weighted by atomic mass is 10.2. The lowest BCUT2D eigenvalue weighted by Gasteiger charge is -1.94. The van der Waals surface area contributed by atoms with Crippen LogP contribution in [0.25, 0.3) is 0 Å². The second-order valence-corrected chi connectivity index (χ2v) is 12.0. The number of nitrogens with zero attached hydrogens (tertiary/aromatic N) is 8. The molecule has 0 aliphatic heterocycles. The first kappa shape index (κ1) is 56.4. The van der Waals surface area contributed by atoms with Crippen molar-refractivity contribution in [2.45, 2.75) is 13.8 Å². The summed E-state index contributed by atoms with van der Waals surface area (Å²) in [7, 11) is 8.51. The van der Waals surface area contributed by atoms with Gasteiger partial charge in [-0.25, -0.2) is 19.2 Å². The van der Waals surface area contributed by atoms with Crippen molar-refractivity contribution in [1.82, 2.24) is 32.6 Å². The fraction of sp³-hybridized carbons (Fsp3) is 0.263. The Balaban J connectivity index is 0.000000453. The van der Waals surface area contributed by atoms with Gasteiger partial charge in [0, 0.05) is 79.6 Å². The largest absolute Gasteiger partial charge is 0.478 e. The van der Waals surface area contributed by atoms with Crippen molar-refractivity contribution in [3.05, 3.63) is 171 Å². The lowest BCUT2D eigenvalue weighted by molar-refractivity contribution is 0.0684. The van der Waals surface area contributed by atoms with Gasteiger partial charge in [-0.2, -0.15) is 30.6 Å². The zero-order chi connectivity index (χ0) is 52.0. The van der Waals surface area contributed by atoms with Gasteiger partial charge in [-0.1, -0.05) is 0 Å². The van der Waals surface area contributed by atoms with Crippen LogP contribution >= 0.6 is 0 Å². The molecule has 360 valence electrons. The molecule has 0 aliphatic carbocycles. The highest BCUT2D eigenvalue weighted by Crippen LogP contribution is 1.85. The van der Waals surface area contributed by atoms with Crippen LogP contribution in [-0.2, 0) is 0 Å². The van der Waals surface area contributed by atoms with E-state index in [0.29, 0.717) is 0 Å². The average molecular weight is 951 g/mol. The van der Waals surface area contributed by atoms with E-state index in [4.69, 9.17) is 20.4 Å². The second kappa shape index (κ2) is 26.9. The molecule has 68 heavy (non-hydrogen) atoms. The Bertz CT molecular complexity index is 3090. The van der Waals surface area contributed by atoms with Gasteiger partial charge in [0.2, 0.25) is 43.4 Å². The summed E-state index contributed by atoms with van der Waals surface area (Å²) < 4.78 is 0. The summed E-state index contributed by atoms with van der Waals surface area (Å²) in [6.45, 7) is 3.80. The summed E-state index contributed by atoms with van der Waals surface area (Å²) in [5, 5.41) is 53.9. The van der Waals surface area contributed by atoms with Crippen LogP contribution in [0.4, 0.5) is 0 Å². The predicted octanol–water partition coefficient (Wildman–Crippen LogP) is -10.0. The van der Waals surface area contributed by atoms with Gasteiger partial charge < -0.3 is 53.0 Å². The van der Waals surface area contributed by atoms with Gasteiger partial charge >= 0.3 is 23.9 Å². The molecule has 0 saturated carbocycles. The Kier molecular flexibility index (Phi) is 22.3. The highest BCUT2D eigenvalue weighted by molar-refractivity contribution is 5.88. The van der Waals surface area contributed by atoms with E-state index in [-0.39, 0.29) is 45.2 Å². The average Bonchev–Trinajstić information content (AvgIpc) is 3.28. The zero-order valence-electron chi connectivity index (χ0n) is 37.0. The molecule has 10 N–H and O–H groups in total. The van der Waals surface area contributed by atoms with Gasteiger partial charge in [0.05, 0.1) is 22.3 Å². The molecule has 0 radical (unpaired) electrons. The number of hydrogen-bond acceptors (Lipinski definition) is 26. The summed E-state index contributed by atoms with van der Waals surface area (Å²) in [5.41, 5.74) is 5.93. The maximum Gasteiger partial charge on any atom is 0.338 e. The van der Waals surface area contributed by atoms with Gasteiger partial charge in [-0.15, -0.1) is 0 Å². The van der Waals surface area contributed by atoms with E-state index in [1.54, 1.807) is 13.8 Å². The van der Waals surface area contributed by atoms with Crippen LogP contribution in [-0.4, -0.2) is 99.7 Å². The van der Waals surface area contributed by atoms with Crippen LogP contribution in [0.5, 0.6) is 0 Å². The molecule has 4 aromatic rings. The van der Waals surface area contributed by atoms with E-state index < -0.39 is 100 Å². The first-order valence-electron chi connectivity index (χ1n) is 18.8. The molecule has 0 aromatic heterocycles. The van der Waals surface area contributed by atoms with E-state index in [2.05, 4.69) is 73.1 Å². The Morgan fingerprint density at radius 2 is 0.529 bits per heavy atom. The molecule has 0 aliphatic rings. The predicted molar refractivity (Wildman–Crippen MR) is 233 cm³/mol. The van der Waals surface area contributed by atoms with Crippen LogP contribution in [0.1, 0.15) is 55.3 Å². The number of carbonyl (C=O) groups is 4. The van der Waals surface area contributed by atoms with Crippen molar-refractivity contribution in [3.63, 3.8) is 0 Å². The molecular weight excluding hydrogens is 908 g/mol. The first-order chi connectivity index (χ1) is 32.1. The van der Waals surface area contributed by atoms with E-state index in [1.807, 2.05) is 0 Å². The molecule has 4 rings (SSSR count). The Morgan fingerprint density at radius 1 is 0.353 bits per heavy atom. The monoisotopic (exact) mass is 950 g/mol. The molecule has 0 heterocycles. The molecule has 4 aromatic carbocycles. The zero-order valence-corrected chi connectivity index (χ0v) is 37.0. The van der Waals surface area contributed by atoms with Gasteiger partial charge in [0.25, 0.3) is 0 Å². The van der Waals surface area contributed by atoms with Crippen molar-refractivity contribution in [3.8, 4) is 0 Å². The van der Waals surface area contributed by atoms with E-state index in [0.717, 1.165) is 24.3 Å². The Morgan fingerprint density at radius 3 is 0.706 bits per heavy atom. The minimum absolute atomic E-state index is 0.242. The number of benzene rings is 4. The molecule has 0 fully saturated rings. The van der Waals surface area contributed by atoms with E-state index >= 15 is 0 Å². The highest BCUT2D eigenvalue weighted by Gasteiger charge is 2.16. The fourth-order valence-electron chi connectivity index (χ4n) is 5.06. The highest BCUT2D eigenvalue weighted by atomic mass is 16.4. The third-order valence-electron chi connectivity index (χ3n) is 7.67. The van der Waals surface area contributed by atoms with Crippen LogP contribution in [0.15, 0.2) is 103 Å². The van der Waals surface area contributed by atoms with Crippen LogP contribution in [0, 0.1) is 0 Å². The summed E-state index contributed by atoms with van der Waals surface area (Å²) in [6, 6.07) is 3.34. The molecular formula is C38H42N14O16. The molecule has 0 unspecified atom stereocenters. The van der Waals surface area contributed by atoms with Gasteiger partial charge in [0.15, 0.2) is 21.4 Å². The molecule has 0 amide bonds. The number of carboxylic acids is 4. The number of rotatable bonds is 12. The fourth-order valence-corrected chi connectivity index (χ4v) is 5.06. The third-order valence-corrected chi connectivity index (χ3v) is 7.67. The number of aromatic carboxylic acids is 4. The van der Waals surface area contributed by atoms with Crippen molar-refractivity contribution in [2.24, 2.45) is 40.6 Å². The van der Waals surface area contributed by atoms with Crippen molar-refractivity contribution in [1.29, 1.82) is 0 Å². The standard InChI is InChI=1S/2C10H11N3O4.2C9H10N4O4/c2*1-3-12-7-5(10(16)17)4-6(14)8(9(7)15)13-11-2;2*1-10-12-6-4(9(16)17)3-5(14)7(8(6)15)13-11-2/h2*4,11H,3H2,1-2H3,(H,16,17);2*3,10-11H,1-2H3,(H,16,17)/b12-7?,13-8+;;2*12-6?,13-7+. The maximum atomic E-state index is 11.8. The molecule has 0 spiro atoms. The SMILES string of the molecule is CCN=c1c(C(=O)O)cc(=O)/c(=N\NC)c1=O.CCN=c1c(C(=O)O)cc(=O)c(=NNC)c1=O.CNN=c1c(C(=O)O)cc(=O)/c(=N\NC)c1=O.CNN=c1c(C(=O)O)cc(=O)/c(=N\NC)c1=O. The summed E-state index contributed by atoms with van der Waals surface area (Å²) in [4.78, 5) is 144. The summed E-state index contributed by atoms with van der Waals surface area (Å²) in [5.74, 6) is -5.52. The van der Waals surface area contributed by atoms with E-state index in [1.165, 1.54) is 42.3 Å². The number of hydrogen-bond donors (Lipinski definition) is 10. The number of nitrogens with one attached hydrogen (secondary N) is 6. The topological polar surface area (TPSA) is 457 Å². The molecule has 0 bridgehead atoms. The number of carboxylic acid groups (broad SMARTS) is 4. The first-order valence-corrected chi connectivity index (χ1v) is 18.8. The normalized spacial score (nSPS) is 12.7. The van der Waals surface area contributed by atoms with Gasteiger partial charge in [0.1, 0.15) is 21.4 Å². The second-order valence-electron chi connectivity index (χ2n) is 12.0. The molecule has 0 atom stereocenters. The van der Waals surface area contributed by atoms with Crippen molar-refractivity contribution < 1.29 is 39.6 Å². The smallest absolute Gasteiger partial charge is 0.338 e. The van der Waals surface area contributed by atoms with E-state index in [9.17, 15) is 57.5 Å². The molecule has 0 saturated heterocycles. The Hall–Kier alpha value is -9.64. The van der Waals surface area contributed by atoms with Gasteiger partial charge in [-0.3, -0.25) is 48.3 Å². The lowest BCUT2D eigenvalue weighted by Crippen LogP contribution is -2.51. The van der Waals surface area contributed by atoms with Gasteiger partial charge in [-0.05, 0) is 13.8 Å². The van der Waals surface area contributed by atoms with Crippen LogP contribution in [0.2, 0.25) is 0 Å². The third kappa shape index (κ3) is 14.2. The Labute approximate surface area is 376 Å². The summed E-state index contributed by atoms with van der Waals surface area (Å²) in [6.07, 6.45) is 0. The van der Waals surface area contributed by atoms with Crippen molar-refractivity contribution in [2.75, 3.05) is 55.4 Å². The minimum Gasteiger partial charge on any atom is -0.478 e. The molecule has 30 nitrogen and oxygen atoms in total.